The van der Waals surface area contributed by atoms with E-state index in [-0.39, 0.29) is 33.0 Å². The van der Waals surface area contributed by atoms with Crippen molar-refractivity contribution in [3.8, 4) is 16.9 Å². The molecule has 100 valence electrons. The normalized spacial score (nSPS) is 10.9. The lowest BCUT2D eigenvalue weighted by molar-refractivity contribution is 0.474. The molecule has 0 unspecified atom stereocenters. The minimum Gasteiger partial charge on any atom is -0.506 e. The van der Waals surface area contributed by atoms with Crippen molar-refractivity contribution in [2.45, 2.75) is 0 Å². The summed E-state index contributed by atoms with van der Waals surface area (Å²) in [5, 5.41) is 9.82. The largest absolute Gasteiger partial charge is 0.506 e. The van der Waals surface area contributed by atoms with Gasteiger partial charge in [0, 0.05) is 6.07 Å². The highest BCUT2D eigenvalue weighted by Gasteiger charge is 2.11. The van der Waals surface area contributed by atoms with E-state index >= 15 is 0 Å². The molecule has 3 aromatic rings. The van der Waals surface area contributed by atoms with Gasteiger partial charge in [-0.25, -0.2) is 4.39 Å². The number of rotatable bonds is 1. The molecule has 0 aliphatic rings. The number of phenolic OH excluding ortho intramolecular Hbond substituents is 1. The van der Waals surface area contributed by atoms with Crippen molar-refractivity contribution in [1.82, 2.24) is 0 Å². The summed E-state index contributed by atoms with van der Waals surface area (Å²) >= 11 is 5.80. The maximum absolute atomic E-state index is 12.9. The van der Waals surface area contributed by atoms with Gasteiger partial charge in [0.25, 0.3) is 0 Å². The summed E-state index contributed by atoms with van der Waals surface area (Å²) in [7, 11) is 0. The molecule has 0 fully saturated rings. The topological polar surface area (TPSA) is 50.4 Å². The van der Waals surface area contributed by atoms with Crippen LogP contribution in [0.2, 0.25) is 5.02 Å². The molecule has 0 bridgehead atoms. The number of hydrogen-bond acceptors (Lipinski definition) is 3. The first-order chi connectivity index (χ1) is 9.56. The van der Waals surface area contributed by atoms with Gasteiger partial charge in [0.1, 0.15) is 23.4 Å². The second-order valence-electron chi connectivity index (χ2n) is 4.29. The molecule has 0 spiro atoms. The number of aromatic hydroxyl groups is 1. The lowest BCUT2D eigenvalue weighted by Gasteiger charge is -2.04. The van der Waals surface area contributed by atoms with Crippen LogP contribution >= 0.6 is 11.6 Å². The summed E-state index contributed by atoms with van der Waals surface area (Å²) in [4.78, 5) is 12.4. The van der Waals surface area contributed by atoms with Crippen molar-refractivity contribution < 1.29 is 13.9 Å². The number of benzene rings is 2. The molecule has 3 rings (SSSR count). The molecular formula is C15H8ClFO3. The van der Waals surface area contributed by atoms with Crippen molar-refractivity contribution in [2.24, 2.45) is 0 Å². The van der Waals surface area contributed by atoms with E-state index in [0.717, 1.165) is 0 Å². The maximum Gasteiger partial charge on any atom is 0.200 e. The molecule has 1 N–H and O–H groups in total. The molecule has 2 aromatic carbocycles. The third kappa shape index (κ3) is 2.04. The molecule has 20 heavy (non-hydrogen) atoms. The minimum absolute atomic E-state index is 0.0704. The molecule has 0 saturated carbocycles. The maximum atomic E-state index is 12.9. The zero-order valence-electron chi connectivity index (χ0n) is 10.1. The van der Waals surface area contributed by atoms with Crippen LogP contribution in [0.5, 0.6) is 5.75 Å². The Morgan fingerprint density at radius 3 is 2.55 bits per heavy atom. The monoisotopic (exact) mass is 290 g/mol. The molecule has 1 aromatic heterocycles. The van der Waals surface area contributed by atoms with Crippen LogP contribution in [0.15, 0.2) is 51.9 Å². The van der Waals surface area contributed by atoms with Crippen LogP contribution in [-0.4, -0.2) is 5.11 Å². The van der Waals surface area contributed by atoms with Gasteiger partial charge in [0.15, 0.2) is 0 Å². The summed E-state index contributed by atoms with van der Waals surface area (Å²) in [6.07, 6.45) is 1.28. The zero-order valence-corrected chi connectivity index (χ0v) is 10.8. The molecule has 1 heterocycles. The van der Waals surface area contributed by atoms with E-state index in [4.69, 9.17) is 16.0 Å². The van der Waals surface area contributed by atoms with E-state index in [9.17, 15) is 14.3 Å². The molecule has 0 aliphatic carbocycles. The Morgan fingerprint density at radius 1 is 1.15 bits per heavy atom. The molecule has 0 amide bonds. The predicted molar refractivity (Wildman–Crippen MR) is 74.6 cm³/mol. The van der Waals surface area contributed by atoms with Gasteiger partial charge in [-0.05, 0) is 23.8 Å². The fraction of sp³-hybridized carbons (Fsp3) is 0. The molecule has 0 radical (unpaired) electrons. The van der Waals surface area contributed by atoms with Gasteiger partial charge in [0.2, 0.25) is 5.43 Å². The van der Waals surface area contributed by atoms with Crippen molar-refractivity contribution in [3.63, 3.8) is 0 Å². The zero-order chi connectivity index (χ0) is 14.3. The first-order valence-electron chi connectivity index (χ1n) is 5.76. The first-order valence-corrected chi connectivity index (χ1v) is 6.14. The van der Waals surface area contributed by atoms with Crippen molar-refractivity contribution in [1.29, 1.82) is 0 Å². The average Bonchev–Trinajstić information content (AvgIpc) is 2.43. The van der Waals surface area contributed by atoms with Crippen LogP contribution in [0.3, 0.4) is 0 Å². The van der Waals surface area contributed by atoms with E-state index in [0.29, 0.717) is 11.1 Å². The highest BCUT2D eigenvalue weighted by atomic mass is 35.5. The second kappa shape index (κ2) is 4.65. The van der Waals surface area contributed by atoms with Gasteiger partial charge in [0.05, 0.1) is 16.0 Å². The van der Waals surface area contributed by atoms with Crippen LogP contribution in [-0.2, 0) is 0 Å². The standard InChI is InChI=1S/C15H8ClFO3/c16-12-5-10-14(6-13(12)18)20-7-11(15(10)19)8-1-3-9(17)4-2-8/h1-7,18H. The van der Waals surface area contributed by atoms with Crippen LogP contribution in [0.25, 0.3) is 22.1 Å². The summed E-state index contributed by atoms with van der Waals surface area (Å²) in [5.41, 5.74) is 0.799. The van der Waals surface area contributed by atoms with Gasteiger partial charge < -0.3 is 9.52 Å². The molecule has 5 heteroatoms. The lowest BCUT2D eigenvalue weighted by Crippen LogP contribution is -2.04. The Bertz CT molecular complexity index is 853. The quantitative estimate of drug-likeness (QED) is 0.738. The summed E-state index contributed by atoms with van der Waals surface area (Å²) < 4.78 is 18.2. The molecule has 0 atom stereocenters. The lowest BCUT2D eigenvalue weighted by atomic mass is 10.1. The SMILES string of the molecule is O=c1c(-c2ccc(F)cc2)coc2cc(O)c(Cl)cc12. The summed E-state index contributed by atoms with van der Waals surface area (Å²) in [6.45, 7) is 0. The van der Waals surface area contributed by atoms with Crippen LogP contribution in [0, 0.1) is 5.82 Å². The molecular weight excluding hydrogens is 283 g/mol. The van der Waals surface area contributed by atoms with E-state index in [2.05, 4.69) is 0 Å². The Kier molecular flexibility index (Phi) is 2.95. The smallest absolute Gasteiger partial charge is 0.200 e. The summed E-state index contributed by atoms with van der Waals surface area (Å²) in [5.74, 6) is -0.538. The van der Waals surface area contributed by atoms with Crippen LogP contribution < -0.4 is 5.43 Å². The molecule has 0 saturated heterocycles. The van der Waals surface area contributed by atoms with Crippen LogP contribution in [0.1, 0.15) is 0 Å². The van der Waals surface area contributed by atoms with Gasteiger partial charge in [-0.1, -0.05) is 23.7 Å². The highest BCUT2D eigenvalue weighted by molar-refractivity contribution is 6.32. The van der Waals surface area contributed by atoms with E-state index in [1.807, 2.05) is 0 Å². The molecule has 3 nitrogen and oxygen atoms in total. The minimum atomic E-state index is -0.383. The second-order valence-corrected chi connectivity index (χ2v) is 4.69. The van der Waals surface area contributed by atoms with Crippen molar-refractivity contribution in [2.75, 3.05) is 0 Å². The Labute approximate surface area is 117 Å². The van der Waals surface area contributed by atoms with Gasteiger partial charge in [-0.3, -0.25) is 4.79 Å². The number of phenols is 1. The molecule has 0 aliphatic heterocycles. The number of halogens is 2. The van der Waals surface area contributed by atoms with E-state index in [1.165, 1.54) is 42.7 Å². The average molecular weight is 291 g/mol. The Balaban J connectivity index is 2.28. The van der Waals surface area contributed by atoms with Gasteiger partial charge in [-0.2, -0.15) is 0 Å². The third-order valence-corrected chi connectivity index (χ3v) is 3.30. The Hall–Kier alpha value is -2.33. The Morgan fingerprint density at radius 2 is 1.85 bits per heavy atom. The fourth-order valence-electron chi connectivity index (χ4n) is 1.97. The first kappa shape index (κ1) is 12.7. The summed E-state index contributed by atoms with van der Waals surface area (Å²) in [6, 6.07) is 8.16. The predicted octanol–water partition coefficient (Wildman–Crippen LogP) is 3.96. The van der Waals surface area contributed by atoms with Gasteiger partial charge in [-0.15, -0.1) is 0 Å². The van der Waals surface area contributed by atoms with Crippen molar-refractivity contribution in [3.05, 3.63) is 63.7 Å². The fourth-order valence-corrected chi connectivity index (χ4v) is 2.13. The number of hydrogen-bond donors (Lipinski definition) is 1. The highest BCUT2D eigenvalue weighted by Crippen LogP contribution is 2.29. The van der Waals surface area contributed by atoms with Crippen LogP contribution in [0.4, 0.5) is 4.39 Å². The van der Waals surface area contributed by atoms with Gasteiger partial charge >= 0.3 is 0 Å². The van der Waals surface area contributed by atoms with Crippen molar-refractivity contribution >= 4 is 22.6 Å². The third-order valence-electron chi connectivity index (χ3n) is 3.00. The van der Waals surface area contributed by atoms with E-state index < -0.39 is 0 Å². The van der Waals surface area contributed by atoms with E-state index in [1.54, 1.807) is 0 Å². The number of fused-ring (bicyclic) bond motifs is 1.